The van der Waals surface area contributed by atoms with Crippen LogP contribution in [0.2, 0.25) is 5.02 Å². The quantitative estimate of drug-likeness (QED) is 0.222. The minimum absolute atomic E-state index is 0.175. The molecule has 1 amide bonds. The average molecular weight is 439 g/mol. The fourth-order valence-corrected chi connectivity index (χ4v) is 3.33. The molecule has 4 rings (SSSR count). The van der Waals surface area contributed by atoms with E-state index in [2.05, 4.69) is 0 Å². The van der Waals surface area contributed by atoms with Crippen molar-refractivity contribution < 1.29 is 23.7 Å². The van der Waals surface area contributed by atoms with Gasteiger partial charge in [-0.05, 0) is 48.6 Å². The third-order valence-electron chi connectivity index (χ3n) is 4.65. The lowest BCUT2D eigenvalue weighted by Gasteiger charge is -2.13. The van der Waals surface area contributed by atoms with Crippen LogP contribution in [0.1, 0.15) is 16.1 Å². The summed E-state index contributed by atoms with van der Waals surface area (Å²) in [6.07, 6.45) is 2.37. The summed E-state index contributed by atoms with van der Waals surface area (Å²) < 4.78 is 10.6. The number of ether oxygens (including phenoxy) is 1. The number of rotatable bonds is 6. The summed E-state index contributed by atoms with van der Waals surface area (Å²) in [4.78, 5) is 36.5. The zero-order valence-corrected chi connectivity index (χ0v) is 16.7. The first-order chi connectivity index (χ1) is 14.9. The second-order valence-corrected chi connectivity index (χ2v) is 7.07. The van der Waals surface area contributed by atoms with Crippen LogP contribution < -0.4 is 4.90 Å². The summed E-state index contributed by atoms with van der Waals surface area (Å²) in [5.74, 6) is 0.349. The average Bonchev–Trinajstić information content (AvgIpc) is 3.41. The number of hydrogen-bond acceptors (Lipinski definition) is 6. The van der Waals surface area contributed by atoms with Gasteiger partial charge in [0.25, 0.3) is 5.69 Å². The lowest BCUT2D eigenvalue weighted by Crippen LogP contribution is -2.23. The van der Waals surface area contributed by atoms with Gasteiger partial charge in [0.15, 0.2) is 5.78 Å². The molecule has 0 aliphatic carbocycles. The summed E-state index contributed by atoms with van der Waals surface area (Å²) in [5, 5.41) is 11.5. The SMILES string of the molecule is O=C(C=Cc1ccc(-c2ccc(Cl)cc2[N+](=O)[O-])o1)c1cccc(N2CCOC2=O)c1. The standard InChI is InChI=1S/C22H15ClN2O6/c23-15-4-7-18(19(13-15)25(28)29)21-9-6-17(31-21)5-8-20(26)14-2-1-3-16(12-14)24-10-11-30-22(24)27/h1-9,12-13H,10-11H2. The van der Waals surface area contributed by atoms with Crippen molar-refractivity contribution in [3.8, 4) is 11.3 Å². The molecule has 1 aromatic heterocycles. The number of cyclic esters (lactones) is 1. The Morgan fingerprint density at radius 3 is 2.74 bits per heavy atom. The van der Waals surface area contributed by atoms with Gasteiger partial charge in [-0.2, -0.15) is 0 Å². The van der Waals surface area contributed by atoms with E-state index in [1.165, 1.54) is 35.3 Å². The predicted molar refractivity (Wildman–Crippen MR) is 114 cm³/mol. The van der Waals surface area contributed by atoms with Gasteiger partial charge < -0.3 is 9.15 Å². The fraction of sp³-hybridized carbons (Fsp3) is 0.0909. The van der Waals surface area contributed by atoms with E-state index in [-0.39, 0.29) is 27.8 Å². The second kappa shape index (κ2) is 8.45. The third-order valence-corrected chi connectivity index (χ3v) is 4.89. The lowest BCUT2D eigenvalue weighted by atomic mass is 10.1. The minimum Gasteiger partial charge on any atom is -0.456 e. The number of hydrogen-bond donors (Lipinski definition) is 0. The number of amides is 1. The van der Waals surface area contributed by atoms with Gasteiger partial charge in [-0.25, -0.2) is 4.79 Å². The van der Waals surface area contributed by atoms with E-state index in [1.807, 2.05) is 0 Å². The van der Waals surface area contributed by atoms with Crippen LogP contribution in [-0.4, -0.2) is 30.0 Å². The molecule has 1 saturated heterocycles. The van der Waals surface area contributed by atoms with Gasteiger partial charge in [-0.3, -0.25) is 19.8 Å². The number of carbonyl (C=O) groups is 2. The molecule has 0 unspecified atom stereocenters. The Morgan fingerprint density at radius 1 is 1.16 bits per heavy atom. The second-order valence-electron chi connectivity index (χ2n) is 6.63. The largest absolute Gasteiger partial charge is 0.456 e. The Bertz CT molecular complexity index is 1220. The molecule has 156 valence electrons. The number of benzene rings is 2. The maximum Gasteiger partial charge on any atom is 0.414 e. The normalized spacial score (nSPS) is 13.6. The van der Waals surface area contributed by atoms with Gasteiger partial charge in [0.05, 0.1) is 17.0 Å². The number of carbonyl (C=O) groups excluding carboxylic acids is 2. The molecule has 31 heavy (non-hydrogen) atoms. The molecule has 1 aliphatic heterocycles. The number of nitro benzene ring substituents is 1. The van der Waals surface area contributed by atoms with Crippen molar-refractivity contribution in [1.82, 2.24) is 0 Å². The molecule has 9 heteroatoms. The van der Waals surface area contributed by atoms with Gasteiger partial charge in [0, 0.05) is 22.3 Å². The van der Waals surface area contributed by atoms with E-state index in [0.717, 1.165) is 0 Å². The van der Waals surface area contributed by atoms with Crippen molar-refractivity contribution in [1.29, 1.82) is 0 Å². The molecule has 2 aromatic carbocycles. The molecule has 0 spiro atoms. The van der Waals surface area contributed by atoms with E-state index in [1.54, 1.807) is 36.4 Å². The molecule has 1 aliphatic rings. The van der Waals surface area contributed by atoms with Crippen molar-refractivity contribution in [2.45, 2.75) is 0 Å². The van der Waals surface area contributed by atoms with Gasteiger partial charge in [-0.15, -0.1) is 0 Å². The highest BCUT2D eigenvalue weighted by Gasteiger charge is 2.24. The third kappa shape index (κ3) is 4.34. The van der Waals surface area contributed by atoms with E-state index in [0.29, 0.717) is 30.2 Å². The molecule has 0 bridgehead atoms. The number of furan rings is 1. The highest BCUT2D eigenvalue weighted by Crippen LogP contribution is 2.33. The summed E-state index contributed by atoms with van der Waals surface area (Å²) in [7, 11) is 0. The summed E-state index contributed by atoms with van der Waals surface area (Å²) in [6.45, 7) is 0.738. The molecule has 1 fully saturated rings. The van der Waals surface area contributed by atoms with E-state index in [9.17, 15) is 19.7 Å². The van der Waals surface area contributed by atoms with Gasteiger partial charge in [-0.1, -0.05) is 23.7 Å². The van der Waals surface area contributed by atoms with Crippen molar-refractivity contribution >= 4 is 40.9 Å². The first-order valence-electron chi connectivity index (χ1n) is 9.23. The lowest BCUT2D eigenvalue weighted by molar-refractivity contribution is -0.384. The molecular weight excluding hydrogens is 424 g/mol. The summed E-state index contributed by atoms with van der Waals surface area (Å²) in [5.41, 5.74) is 1.09. The summed E-state index contributed by atoms with van der Waals surface area (Å²) >= 11 is 5.84. The Morgan fingerprint density at radius 2 is 2.00 bits per heavy atom. The Hall–Kier alpha value is -3.91. The van der Waals surface area contributed by atoms with E-state index in [4.69, 9.17) is 20.8 Å². The molecule has 8 nitrogen and oxygen atoms in total. The monoisotopic (exact) mass is 438 g/mol. The maximum absolute atomic E-state index is 12.6. The van der Waals surface area contributed by atoms with Crippen LogP contribution in [0.5, 0.6) is 0 Å². The number of allylic oxidation sites excluding steroid dienone is 1. The fourth-order valence-electron chi connectivity index (χ4n) is 3.16. The summed E-state index contributed by atoms with van der Waals surface area (Å²) in [6, 6.07) is 14.2. The van der Waals surface area contributed by atoms with E-state index < -0.39 is 11.0 Å². The molecule has 0 N–H and O–H groups in total. The van der Waals surface area contributed by atoms with E-state index >= 15 is 0 Å². The van der Waals surface area contributed by atoms with Gasteiger partial charge >= 0.3 is 6.09 Å². The van der Waals surface area contributed by atoms with Crippen LogP contribution >= 0.6 is 11.6 Å². The number of ketones is 1. The van der Waals surface area contributed by atoms with Crippen LogP contribution in [0.25, 0.3) is 17.4 Å². The first-order valence-corrected chi connectivity index (χ1v) is 9.61. The number of halogens is 1. The number of anilines is 1. The number of nitrogens with zero attached hydrogens (tertiary/aromatic N) is 2. The topological polar surface area (TPSA) is 103 Å². The molecular formula is C22H15ClN2O6. The van der Waals surface area contributed by atoms with Crippen LogP contribution in [0, 0.1) is 10.1 Å². The van der Waals surface area contributed by atoms with Crippen LogP contribution in [-0.2, 0) is 4.74 Å². The molecule has 0 radical (unpaired) electrons. The predicted octanol–water partition coefficient (Wildman–Crippen LogP) is 5.36. The van der Waals surface area contributed by atoms with Crippen molar-refractivity contribution in [3.05, 3.63) is 87.1 Å². The molecule has 0 saturated carbocycles. The minimum atomic E-state index is -0.536. The highest BCUT2D eigenvalue weighted by molar-refractivity contribution is 6.30. The maximum atomic E-state index is 12.6. The Labute approximate surface area is 181 Å². The van der Waals surface area contributed by atoms with Crippen molar-refractivity contribution in [2.75, 3.05) is 18.1 Å². The Balaban J connectivity index is 1.53. The van der Waals surface area contributed by atoms with Crippen LogP contribution in [0.4, 0.5) is 16.2 Å². The first kappa shape index (κ1) is 20.4. The van der Waals surface area contributed by atoms with Crippen molar-refractivity contribution in [2.24, 2.45) is 0 Å². The van der Waals surface area contributed by atoms with Gasteiger partial charge in [0.2, 0.25) is 0 Å². The molecule has 0 atom stereocenters. The number of nitro groups is 1. The highest BCUT2D eigenvalue weighted by atomic mass is 35.5. The smallest absolute Gasteiger partial charge is 0.414 e. The zero-order chi connectivity index (χ0) is 22.0. The zero-order valence-electron chi connectivity index (χ0n) is 16.0. The Kier molecular flexibility index (Phi) is 5.55. The molecule has 3 aromatic rings. The van der Waals surface area contributed by atoms with Crippen LogP contribution in [0.3, 0.4) is 0 Å². The molecule has 2 heterocycles. The van der Waals surface area contributed by atoms with Crippen LogP contribution in [0.15, 0.2) is 65.1 Å². The van der Waals surface area contributed by atoms with Gasteiger partial charge in [0.1, 0.15) is 18.1 Å². The van der Waals surface area contributed by atoms with Crippen molar-refractivity contribution in [3.63, 3.8) is 0 Å².